The predicted octanol–water partition coefficient (Wildman–Crippen LogP) is 2.62. The number of hydrogen-bond donors (Lipinski definition) is 2. The smallest absolute Gasteiger partial charge is 0.263 e. The molecule has 0 atom stereocenters. The van der Waals surface area contributed by atoms with Crippen molar-refractivity contribution in [2.24, 2.45) is 7.05 Å². The normalized spacial score (nSPS) is 11.6. The van der Waals surface area contributed by atoms with E-state index in [0.717, 1.165) is 15.7 Å². The Labute approximate surface area is 133 Å². The fraction of sp³-hybridized carbons (Fsp3) is 0.286. The molecule has 0 fully saturated rings. The van der Waals surface area contributed by atoms with Gasteiger partial charge in [-0.3, -0.25) is 4.72 Å². The van der Waals surface area contributed by atoms with Crippen molar-refractivity contribution in [1.29, 1.82) is 0 Å². The summed E-state index contributed by atoms with van der Waals surface area (Å²) in [5.41, 5.74) is 2.35. The molecule has 1 heterocycles. The first-order chi connectivity index (χ1) is 9.83. The number of nitrogens with one attached hydrogen (secondary N) is 2. The van der Waals surface area contributed by atoms with Crippen LogP contribution in [0.3, 0.4) is 0 Å². The van der Waals surface area contributed by atoms with Crippen LogP contribution in [0, 0.1) is 6.92 Å². The summed E-state index contributed by atoms with van der Waals surface area (Å²) < 4.78 is 30.2. The number of anilines is 1. The molecular formula is C14H18BrN3O2S. The number of aromatic nitrogens is 1. The van der Waals surface area contributed by atoms with Crippen LogP contribution in [0.15, 0.2) is 39.8 Å². The number of aryl methyl sites for hydroxylation is 2. The highest BCUT2D eigenvalue weighted by atomic mass is 79.9. The van der Waals surface area contributed by atoms with Crippen molar-refractivity contribution in [3.63, 3.8) is 0 Å². The summed E-state index contributed by atoms with van der Waals surface area (Å²) in [6.45, 7) is 2.48. The number of halogens is 1. The van der Waals surface area contributed by atoms with Gasteiger partial charge in [-0.15, -0.1) is 0 Å². The average molecular weight is 372 g/mol. The maximum absolute atomic E-state index is 12.5. The van der Waals surface area contributed by atoms with Crippen LogP contribution < -0.4 is 10.0 Å². The number of nitrogens with zero attached hydrogens (tertiary/aromatic N) is 1. The van der Waals surface area contributed by atoms with E-state index in [2.05, 4.69) is 26.0 Å². The van der Waals surface area contributed by atoms with Gasteiger partial charge in [0.15, 0.2) is 0 Å². The molecule has 0 saturated carbocycles. The van der Waals surface area contributed by atoms with Gasteiger partial charge >= 0.3 is 0 Å². The lowest BCUT2D eigenvalue weighted by atomic mass is 10.2. The van der Waals surface area contributed by atoms with Crippen LogP contribution in [0.5, 0.6) is 0 Å². The lowest BCUT2D eigenvalue weighted by Gasteiger charge is -2.09. The van der Waals surface area contributed by atoms with E-state index in [1.807, 2.05) is 33.2 Å². The molecule has 2 aromatic rings. The molecule has 7 heteroatoms. The topological polar surface area (TPSA) is 63.1 Å². The average Bonchev–Trinajstić information content (AvgIpc) is 2.77. The molecule has 1 aromatic carbocycles. The molecule has 5 nitrogen and oxygen atoms in total. The van der Waals surface area contributed by atoms with Crippen LogP contribution in [-0.2, 0) is 23.6 Å². The van der Waals surface area contributed by atoms with Crippen molar-refractivity contribution >= 4 is 31.6 Å². The Morgan fingerprint density at radius 2 is 2.00 bits per heavy atom. The summed E-state index contributed by atoms with van der Waals surface area (Å²) in [5, 5.41) is 3.01. The third-order valence-corrected chi connectivity index (χ3v) is 5.02. The fourth-order valence-electron chi connectivity index (χ4n) is 1.99. The molecule has 0 aliphatic carbocycles. The lowest BCUT2D eigenvalue weighted by molar-refractivity contribution is 0.601. The first kappa shape index (κ1) is 16.1. The van der Waals surface area contributed by atoms with E-state index in [1.165, 1.54) is 0 Å². The summed E-state index contributed by atoms with van der Waals surface area (Å²) in [5.74, 6) is 0. The monoisotopic (exact) mass is 371 g/mol. The molecule has 0 spiro atoms. The van der Waals surface area contributed by atoms with E-state index >= 15 is 0 Å². The van der Waals surface area contributed by atoms with Gasteiger partial charge in [-0.1, -0.05) is 22.0 Å². The standard InChI is InChI=1S/C14H18BrN3O2S/c1-10-4-5-11(15)6-14(10)17-21(19,20)13-7-12(8-16-2)18(3)9-13/h4-7,9,16-17H,8H2,1-3H3. The summed E-state index contributed by atoms with van der Waals surface area (Å²) in [6, 6.07) is 7.16. The first-order valence-electron chi connectivity index (χ1n) is 6.42. The summed E-state index contributed by atoms with van der Waals surface area (Å²) in [4.78, 5) is 0.259. The maximum atomic E-state index is 12.5. The zero-order valence-electron chi connectivity index (χ0n) is 12.1. The second kappa shape index (κ2) is 6.21. The third kappa shape index (κ3) is 3.66. The minimum Gasteiger partial charge on any atom is -0.352 e. The third-order valence-electron chi connectivity index (χ3n) is 3.19. The van der Waals surface area contributed by atoms with E-state index in [-0.39, 0.29) is 4.90 Å². The summed E-state index contributed by atoms with van der Waals surface area (Å²) in [7, 11) is 0.0611. The van der Waals surface area contributed by atoms with Crippen LogP contribution in [-0.4, -0.2) is 20.0 Å². The molecule has 0 saturated heterocycles. The second-order valence-corrected chi connectivity index (χ2v) is 7.47. The van der Waals surface area contributed by atoms with Gasteiger partial charge in [0.25, 0.3) is 10.0 Å². The Kier molecular flexibility index (Phi) is 4.75. The van der Waals surface area contributed by atoms with Gasteiger partial charge < -0.3 is 9.88 Å². The van der Waals surface area contributed by atoms with Crippen molar-refractivity contribution < 1.29 is 8.42 Å². The molecule has 2 rings (SSSR count). The van der Waals surface area contributed by atoms with Gasteiger partial charge in [-0.2, -0.15) is 0 Å². The van der Waals surface area contributed by atoms with Crippen LogP contribution in [0.1, 0.15) is 11.3 Å². The Bertz CT molecular complexity index is 754. The van der Waals surface area contributed by atoms with E-state index < -0.39 is 10.0 Å². The molecule has 0 bridgehead atoms. The minimum atomic E-state index is -3.59. The number of sulfonamides is 1. The van der Waals surface area contributed by atoms with Crippen LogP contribution in [0.4, 0.5) is 5.69 Å². The molecule has 21 heavy (non-hydrogen) atoms. The van der Waals surface area contributed by atoms with Gasteiger partial charge in [0.2, 0.25) is 0 Å². The molecule has 0 aliphatic heterocycles. The number of rotatable bonds is 5. The molecule has 1 aromatic heterocycles. The van der Waals surface area contributed by atoms with Gasteiger partial charge in [0.05, 0.1) is 5.69 Å². The van der Waals surface area contributed by atoms with Gasteiger partial charge in [0.1, 0.15) is 4.90 Å². The van der Waals surface area contributed by atoms with Crippen molar-refractivity contribution in [1.82, 2.24) is 9.88 Å². The summed E-state index contributed by atoms with van der Waals surface area (Å²) >= 11 is 3.35. The molecule has 0 amide bonds. The van der Waals surface area contributed by atoms with Gasteiger partial charge in [-0.05, 0) is 37.7 Å². The van der Waals surface area contributed by atoms with Crippen molar-refractivity contribution in [2.75, 3.05) is 11.8 Å². The fourth-order valence-corrected chi connectivity index (χ4v) is 3.57. The summed E-state index contributed by atoms with van der Waals surface area (Å²) in [6.07, 6.45) is 1.61. The van der Waals surface area contributed by atoms with E-state index in [1.54, 1.807) is 22.9 Å². The SMILES string of the molecule is CNCc1cc(S(=O)(=O)Nc2cc(Br)ccc2C)cn1C. The molecule has 0 unspecified atom stereocenters. The first-order valence-corrected chi connectivity index (χ1v) is 8.70. The highest BCUT2D eigenvalue weighted by Gasteiger charge is 2.18. The Morgan fingerprint density at radius 3 is 2.67 bits per heavy atom. The Morgan fingerprint density at radius 1 is 1.29 bits per heavy atom. The van der Waals surface area contributed by atoms with E-state index in [9.17, 15) is 8.42 Å². The van der Waals surface area contributed by atoms with Crippen molar-refractivity contribution in [3.05, 3.63) is 46.2 Å². The van der Waals surface area contributed by atoms with Crippen LogP contribution in [0.2, 0.25) is 0 Å². The van der Waals surface area contributed by atoms with Crippen LogP contribution >= 0.6 is 15.9 Å². The lowest BCUT2D eigenvalue weighted by Crippen LogP contribution is -2.13. The molecule has 114 valence electrons. The maximum Gasteiger partial charge on any atom is 0.263 e. The van der Waals surface area contributed by atoms with Crippen molar-refractivity contribution in [2.45, 2.75) is 18.4 Å². The largest absolute Gasteiger partial charge is 0.352 e. The highest BCUT2D eigenvalue weighted by molar-refractivity contribution is 9.10. The molecule has 0 aliphatic rings. The quantitative estimate of drug-likeness (QED) is 0.848. The highest BCUT2D eigenvalue weighted by Crippen LogP contribution is 2.24. The zero-order valence-corrected chi connectivity index (χ0v) is 14.5. The van der Waals surface area contributed by atoms with Crippen LogP contribution in [0.25, 0.3) is 0 Å². The minimum absolute atomic E-state index is 0.259. The number of benzene rings is 1. The molecule has 2 N–H and O–H groups in total. The Hall–Kier alpha value is -1.31. The number of hydrogen-bond acceptors (Lipinski definition) is 3. The van der Waals surface area contributed by atoms with E-state index in [4.69, 9.17) is 0 Å². The van der Waals surface area contributed by atoms with Crippen molar-refractivity contribution in [3.8, 4) is 0 Å². The zero-order chi connectivity index (χ0) is 15.6. The van der Waals surface area contributed by atoms with Gasteiger partial charge in [-0.25, -0.2) is 8.42 Å². The Balaban J connectivity index is 2.34. The molecule has 0 radical (unpaired) electrons. The van der Waals surface area contributed by atoms with E-state index in [0.29, 0.717) is 12.2 Å². The molecular weight excluding hydrogens is 354 g/mol. The van der Waals surface area contributed by atoms with Gasteiger partial charge in [0, 0.05) is 30.0 Å². The second-order valence-electron chi connectivity index (χ2n) is 4.87. The predicted molar refractivity (Wildman–Crippen MR) is 87.9 cm³/mol.